The van der Waals surface area contributed by atoms with Crippen LogP contribution < -0.4 is 10.1 Å². The van der Waals surface area contributed by atoms with Gasteiger partial charge in [-0.1, -0.05) is 25.8 Å². The van der Waals surface area contributed by atoms with Gasteiger partial charge in [0.1, 0.15) is 0 Å². The third-order valence-electron chi connectivity index (χ3n) is 3.84. The molecule has 1 aromatic carbocycles. The van der Waals surface area contributed by atoms with Gasteiger partial charge in [0.05, 0.1) is 12.0 Å². The number of hydrogen-bond acceptors (Lipinski definition) is 4. The molecule has 1 unspecified atom stereocenters. The number of nitrogens with zero attached hydrogens (tertiary/aromatic N) is 1. The minimum Gasteiger partial charge on any atom is -0.490 e. The molecule has 1 fully saturated rings. The summed E-state index contributed by atoms with van der Waals surface area (Å²) in [6.07, 6.45) is 5.02. The van der Waals surface area contributed by atoms with Gasteiger partial charge in [-0.25, -0.2) is 0 Å². The average molecular weight is 278 g/mol. The SMILES string of the molecule is CCC(CC1CC1)NCc1ccc(OC)c([N+](=O)[O-])c1. The maximum absolute atomic E-state index is 11.0. The predicted octanol–water partition coefficient (Wildman–Crippen LogP) is 3.27. The second-order valence-corrected chi connectivity index (χ2v) is 5.43. The molecule has 1 atom stereocenters. The molecule has 0 spiro atoms. The second kappa shape index (κ2) is 6.70. The first-order valence-electron chi connectivity index (χ1n) is 7.18. The summed E-state index contributed by atoms with van der Waals surface area (Å²) < 4.78 is 5.01. The number of methoxy groups -OCH3 is 1. The summed E-state index contributed by atoms with van der Waals surface area (Å²) in [5, 5.41) is 14.5. The van der Waals surface area contributed by atoms with Crippen molar-refractivity contribution in [1.82, 2.24) is 5.32 Å². The van der Waals surface area contributed by atoms with Crippen LogP contribution in [-0.2, 0) is 6.54 Å². The summed E-state index contributed by atoms with van der Waals surface area (Å²) in [6, 6.07) is 5.64. The highest BCUT2D eigenvalue weighted by Crippen LogP contribution is 2.34. The molecule has 1 aromatic rings. The number of hydrogen-bond donors (Lipinski definition) is 1. The van der Waals surface area contributed by atoms with E-state index in [4.69, 9.17) is 4.74 Å². The fraction of sp³-hybridized carbons (Fsp3) is 0.600. The summed E-state index contributed by atoms with van der Waals surface area (Å²) in [5.74, 6) is 1.20. The molecule has 5 nitrogen and oxygen atoms in total. The first-order valence-corrected chi connectivity index (χ1v) is 7.18. The van der Waals surface area contributed by atoms with Gasteiger partial charge in [0.25, 0.3) is 0 Å². The van der Waals surface area contributed by atoms with Crippen molar-refractivity contribution < 1.29 is 9.66 Å². The molecule has 2 rings (SSSR count). The Morgan fingerprint density at radius 2 is 2.25 bits per heavy atom. The van der Waals surface area contributed by atoms with Crippen LogP contribution in [0.25, 0.3) is 0 Å². The second-order valence-electron chi connectivity index (χ2n) is 5.43. The van der Waals surface area contributed by atoms with Gasteiger partial charge in [-0.05, 0) is 30.4 Å². The summed E-state index contributed by atoms with van der Waals surface area (Å²) in [5.41, 5.74) is 0.953. The van der Waals surface area contributed by atoms with E-state index in [1.165, 1.54) is 26.4 Å². The Morgan fingerprint density at radius 3 is 2.80 bits per heavy atom. The lowest BCUT2D eigenvalue weighted by Gasteiger charge is -2.16. The maximum atomic E-state index is 11.0. The van der Waals surface area contributed by atoms with Gasteiger partial charge < -0.3 is 10.1 Å². The molecule has 0 amide bonds. The summed E-state index contributed by atoms with van der Waals surface area (Å²) in [4.78, 5) is 10.6. The van der Waals surface area contributed by atoms with E-state index < -0.39 is 4.92 Å². The fourth-order valence-corrected chi connectivity index (χ4v) is 2.40. The number of rotatable bonds is 8. The molecule has 0 radical (unpaired) electrons. The van der Waals surface area contributed by atoms with Crippen LogP contribution in [-0.4, -0.2) is 18.1 Å². The minimum absolute atomic E-state index is 0.0297. The number of ether oxygens (including phenoxy) is 1. The highest BCUT2D eigenvalue weighted by molar-refractivity contribution is 5.48. The number of nitro benzene ring substituents is 1. The zero-order valence-corrected chi connectivity index (χ0v) is 12.1. The van der Waals surface area contributed by atoms with Crippen molar-refractivity contribution in [3.05, 3.63) is 33.9 Å². The first-order chi connectivity index (χ1) is 9.63. The third kappa shape index (κ3) is 3.93. The van der Waals surface area contributed by atoms with Crippen LogP contribution >= 0.6 is 0 Å². The lowest BCUT2D eigenvalue weighted by molar-refractivity contribution is -0.385. The van der Waals surface area contributed by atoms with Crippen molar-refractivity contribution in [3.8, 4) is 5.75 Å². The molecule has 0 aromatic heterocycles. The van der Waals surface area contributed by atoms with Gasteiger partial charge in [0.2, 0.25) is 0 Å². The first kappa shape index (κ1) is 14.8. The maximum Gasteiger partial charge on any atom is 0.311 e. The average Bonchev–Trinajstić information content (AvgIpc) is 3.27. The lowest BCUT2D eigenvalue weighted by Crippen LogP contribution is -2.28. The monoisotopic (exact) mass is 278 g/mol. The van der Waals surface area contributed by atoms with Crippen LogP contribution in [0.2, 0.25) is 0 Å². The van der Waals surface area contributed by atoms with E-state index in [-0.39, 0.29) is 5.69 Å². The number of nitrogens with one attached hydrogen (secondary N) is 1. The van der Waals surface area contributed by atoms with E-state index >= 15 is 0 Å². The quantitative estimate of drug-likeness (QED) is 0.585. The van der Waals surface area contributed by atoms with Crippen molar-refractivity contribution in [1.29, 1.82) is 0 Å². The molecule has 20 heavy (non-hydrogen) atoms. The van der Waals surface area contributed by atoms with Gasteiger partial charge in [0, 0.05) is 18.7 Å². The smallest absolute Gasteiger partial charge is 0.311 e. The fourth-order valence-electron chi connectivity index (χ4n) is 2.40. The van der Waals surface area contributed by atoms with Crippen molar-refractivity contribution in [2.45, 2.75) is 45.2 Å². The van der Waals surface area contributed by atoms with E-state index in [1.54, 1.807) is 12.1 Å². The Kier molecular flexibility index (Phi) is 4.95. The Labute approximate surface area is 119 Å². The largest absolute Gasteiger partial charge is 0.490 e. The van der Waals surface area contributed by atoms with E-state index in [1.807, 2.05) is 6.07 Å². The Morgan fingerprint density at radius 1 is 1.50 bits per heavy atom. The molecule has 1 N–H and O–H groups in total. The van der Waals surface area contributed by atoms with E-state index in [0.717, 1.165) is 17.9 Å². The van der Waals surface area contributed by atoms with Gasteiger partial charge in [-0.15, -0.1) is 0 Å². The van der Waals surface area contributed by atoms with Gasteiger partial charge in [-0.2, -0.15) is 0 Å². The minimum atomic E-state index is -0.399. The van der Waals surface area contributed by atoms with Crippen LogP contribution in [0.15, 0.2) is 18.2 Å². The Hall–Kier alpha value is -1.62. The molecule has 1 aliphatic carbocycles. The molecular formula is C15H22N2O3. The van der Waals surface area contributed by atoms with E-state index in [2.05, 4.69) is 12.2 Å². The molecular weight excluding hydrogens is 256 g/mol. The molecule has 5 heteroatoms. The molecule has 0 saturated heterocycles. The Balaban J connectivity index is 1.97. The molecule has 110 valence electrons. The number of nitro groups is 1. The molecule has 0 bridgehead atoms. The summed E-state index contributed by atoms with van der Waals surface area (Å²) in [6.45, 7) is 2.84. The van der Waals surface area contributed by atoms with Crippen molar-refractivity contribution in [2.75, 3.05) is 7.11 Å². The van der Waals surface area contributed by atoms with Crippen LogP contribution in [0, 0.1) is 16.0 Å². The summed E-state index contributed by atoms with van der Waals surface area (Å²) >= 11 is 0. The Bertz CT molecular complexity index is 472. The number of benzene rings is 1. The van der Waals surface area contributed by atoms with Crippen LogP contribution in [0.3, 0.4) is 0 Å². The van der Waals surface area contributed by atoms with E-state index in [0.29, 0.717) is 18.3 Å². The van der Waals surface area contributed by atoms with Crippen molar-refractivity contribution >= 4 is 5.69 Å². The molecule has 1 saturated carbocycles. The lowest BCUT2D eigenvalue weighted by atomic mass is 10.1. The topological polar surface area (TPSA) is 64.4 Å². The van der Waals surface area contributed by atoms with E-state index in [9.17, 15) is 10.1 Å². The standard InChI is InChI=1S/C15H22N2O3/c1-3-13(8-11-4-5-11)16-10-12-6-7-15(20-2)14(9-12)17(18)19/h6-7,9,11,13,16H,3-5,8,10H2,1-2H3. The van der Waals surface area contributed by atoms with Crippen LogP contribution in [0.5, 0.6) is 5.75 Å². The highest BCUT2D eigenvalue weighted by atomic mass is 16.6. The van der Waals surface area contributed by atoms with Gasteiger partial charge in [-0.3, -0.25) is 10.1 Å². The van der Waals surface area contributed by atoms with Gasteiger partial charge in [0.15, 0.2) is 5.75 Å². The van der Waals surface area contributed by atoms with Crippen LogP contribution in [0.1, 0.15) is 38.2 Å². The van der Waals surface area contributed by atoms with Crippen molar-refractivity contribution in [3.63, 3.8) is 0 Å². The summed E-state index contributed by atoms with van der Waals surface area (Å²) in [7, 11) is 1.45. The molecule has 1 aliphatic rings. The molecule has 0 heterocycles. The van der Waals surface area contributed by atoms with Crippen molar-refractivity contribution in [2.24, 2.45) is 5.92 Å². The highest BCUT2D eigenvalue weighted by Gasteiger charge is 2.24. The zero-order valence-electron chi connectivity index (χ0n) is 12.1. The normalized spacial score (nSPS) is 15.9. The predicted molar refractivity (Wildman–Crippen MR) is 77.9 cm³/mol. The molecule has 0 aliphatic heterocycles. The third-order valence-corrected chi connectivity index (χ3v) is 3.84. The zero-order chi connectivity index (χ0) is 14.5. The van der Waals surface area contributed by atoms with Crippen LogP contribution in [0.4, 0.5) is 5.69 Å². The van der Waals surface area contributed by atoms with Gasteiger partial charge >= 0.3 is 5.69 Å².